The van der Waals surface area contributed by atoms with Crippen LogP contribution in [0.15, 0.2) is 18.2 Å². The molecule has 4 atom stereocenters. The van der Waals surface area contributed by atoms with Crippen molar-refractivity contribution in [2.24, 2.45) is 17.8 Å². The number of imidazole rings is 1. The first-order chi connectivity index (χ1) is 11.6. The lowest BCUT2D eigenvalue weighted by Gasteiger charge is -2.28. The average molecular weight is 346 g/mol. The van der Waals surface area contributed by atoms with Crippen LogP contribution in [-0.4, -0.2) is 21.9 Å². The largest absolute Gasteiger partial charge is 0.353 e. The molecule has 2 N–H and O–H groups in total. The van der Waals surface area contributed by atoms with E-state index in [-0.39, 0.29) is 5.91 Å². The summed E-state index contributed by atoms with van der Waals surface area (Å²) in [4.78, 5) is 20.1. The molecule has 2 aliphatic carbocycles. The molecule has 2 aromatic rings. The minimum absolute atomic E-state index is 0.128. The fourth-order valence-electron chi connectivity index (χ4n) is 4.72. The Hall–Kier alpha value is -1.55. The highest BCUT2D eigenvalue weighted by Crippen LogP contribution is 2.49. The van der Waals surface area contributed by atoms with Gasteiger partial charge in [-0.25, -0.2) is 4.98 Å². The first-order valence-corrected chi connectivity index (χ1v) is 9.40. The van der Waals surface area contributed by atoms with Crippen molar-refractivity contribution in [3.05, 3.63) is 29.0 Å². The van der Waals surface area contributed by atoms with Gasteiger partial charge >= 0.3 is 0 Å². The maximum Gasteiger partial charge on any atom is 0.220 e. The zero-order chi connectivity index (χ0) is 16.7. The number of benzene rings is 1. The molecule has 0 spiro atoms. The normalized spacial score (nSPS) is 26.8. The van der Waals surface area contributed by atoms with Gasteiger partial charge in [-0.1, -0.05) is 18.0 Å². The van der Waals surface area contributed by atoms with Crippen LogP contribution >= 0.6 is 11.6 Å². The van der Waals surface area contributed by atoms with Crippen LogP contribution in [0.4, 0.5) is 0 Å². The van der Waals surface area contributed by atoms with E-state index in [1.54, 1.807) is 0 Å². The summed E-state index contributed by atoms with van der Waals surface area (Å²) < 4.78 is 0. The highest BCUT2D eigenvalue weighted by Gasteiger charge is 2.42. The lowest BCUT2D eigenvalue weighted by Crippen LogP contribution is -2.40. The van der Waals surface area contributed by atoms with E-state index in [0.29, 0.717) is 29.8 Å². The number of nitrogens with zero attached hydrogens (tertiary/aromatic N) is 1. The number of hydrogen-bond donors (Lipinski definition) is 2. The first kappa shape index (κ1) is 15.9. The number of carbonyl (C=O) groups is 1. The van der Waals surface area contributed by atoms with E-state index < -0.39 is 0 Å². The predicted molar refractivity (Wildman–Crippen MR) is 96.0 cm³/mol. The van der Waals surface area contributed by atoms with Crippen LogP contribution in [0.1, 0.15) is 44.9 Å². The van der Waals surface area contributed by atoms with Crippen molar-refractivity contribution in [1.82, 2.24) is 15.3 Å². The quantitative estimate of drug-likeness (QED) is 0.857. The van der Waals surface area contributed by atoms with Gasteiger partial charge in [0.05, 0.1) is 11.0 Å². The third-order valence-corrected chi connectivity index (χ3v) is 6.14. The van der Waals surface area contributed by atoms with Crippen molar-refractivity contribution in [2.45, 2.75) is 51.5 Å². The molecular formula is C19H24ClN3O. The number of fused-ring (bicyclic) bond motifs is 3. The Kier molecular flexibility index (Phi) is 4.25. The van der Waals surface area contributed by atoms with Crippen molar-refractivity contribution in [3.8, 4) is 0 Å². The van der Waals surface area contributed by atoms with E-state index in [9.17, 15) is 4.79 Å². The molecule has 1 aromatic heterocycles. The van der Waals surface area contributed by atoms with E-state index in [2.05, 4.69) is 22.2 Å². The summed E-state index contributed by atoms with van der Waals surface area (Å²) in [6.07, 6.45) is 6.54. The Morgan fingerprint density at radius 1 is 1.42 bits per heavy atom. The Bertz CT molecular complexity index is 756. The molecule has 1 aromatic carbocycles. The van der Waals surface area contributed by atoms with E-state index in [4.69, 9.17) is 11.6 Å². The molecule has 0 unspecified atom stereocenters. The zero-order valence-electron chi connectivity index (χ0n) is 14.0. The van der Waals surface area contributed by atoms with E-state index >= 15 is 0 Å². The Balaban J connectivity index is 1.31. The van der Waals surface area contributed by atoms with Gasteiger partial charge in [-0.3, -0.25) is 4.79 Å². The van der Waals surface area contributed by atoms with Crippen LogP contribution in [0.2, 0.25) is 5.02 Å². The molecule has 2 saturated carbocycles. The average Bonchev–Trinajstić information content (AvgIpc) is 3.27. The zero-order valence-corrected chi connectivity index (χ0v) is 14.8. The smallest absolute Gasteiger partial charge is 0.220 e. The molecule has 5 heteroatoms. The highest BCUT2D eigenvalue weighted by atomic mass is 35.5. The fourth-order valence-corrected chi connectivity index (χ4v) is 4.90. The summed E-state index contributed by atoms with van der Waals surface area (Å²) in [6.45, 7) is 2.17. The van der Waals surface area contributed by atoms with Crippen LogP contribution in [0.5, 0.6) is 0 Å². The Morgan fingerprint density at radius 3 is 3.04 bits per heavy atom. The van der Waals surface area contributed by atoms with Crippen LogP contribution in [0, 0.1) is 17.8 Å². The maximum atomic E-state index is 12.3. The summed E-state index contributed by atoms with van der Waals surface area (Å²) in [5.41, 5.74) is 1.82. The number of amides is 1. The number of hydrogen-bond acceptors (Lipinski definition) is 2. The second-order valence-corrected chi connectivity index (χ2v) is 7.98. The lowest BCUT2D eigenvalue weighted by atomic mass is 9.84. The van der Waals surface area contributed by atoms with Crippen LogP contribution < -0.4 is 5.32 Å². The SMILES string of the molecule is C[C@H](NC(=O)CCc1nc2ccc(Cl)cc2[nH]1)[C@H]1C[C@H]2CC[C@H]1C2. The molecule has 2 bridgehead atoms. The van der Waals surface area contributed by atoms with Crippen molar-refractivity contribution >= 4 is 28.5 Å². The Labute approximate surface area is 147 Å². The monoisotopic (exact) mass is 345 g/mol. The number of aromatic nitrogens is 2. The molecule has 2 aliphatic rings. The Morgan fingerprint density at radius 2 is 2.29 bits per heavy atom. The molecule has 0 saturated heterocycles. The number of rotatable bonds is 5. The van der Waals surface area contributed by atoms with E-state index in [1.165, 1.54) is 25.7 Å². The van der Waals surface area contributed by atoms with Crippen LogP contribution in [0.25, 0.3) is 11.0 Å². The van der Waals surface area contributed by atoms with Crippen molar-refractivity contribution in [2.75, 3.05) is 0 Å². The summed E-state index contributed by atoms with van der Waals surface area (Å²) in [7, 11) is 0. The number of H-pyrrole nitrogens is 1. The van der Waals surface area contributed by atoms with Gasteiger partial charge in [-0.2, -0.15) is 0 Å². The van der Waals surface area contributed by atoms with Gasteiger partial charge in [0.15, 0.2) is 0 Å². The van der Waals surface area contributed by atoms with Gasteiger partial charge in [-0.05, 0) is 62.1 Å². The number of aromatic amines is 1. The molecule has 4 rings (SSSR count). The number of halogens is 1. The number of nitrogens with one attached hydrogen (secondary N) is 2. The summed E-state index contributed by atoms with van der Waals surface area (Å²) in [5, 5.41) is 3.91. The van der Waals surface area contributed by atoms with Crippen LogP contribution in [-0.2, 0) is 11.2 Å². The minimum Gasteiger partial charge on any atom is -0.353 e. The molecule has 0 radical (unpaired) electrons. The second kappa shape index (κ2) is 6.40. The van der Waals surface area contributed by atoms with Crippen molar-refractivity contribution in [3.63, 3.8) is 0 Å². The minimum atomic E-state index is 0.128. The van der Waals surface area contributed by atoms with Gasteiger partial charge in [-0.15, -0.1) is 0 Å². The highest BCUT2D eigenvalue weighted by molar-refractivity contribution is 6.31. The first-order valence-electron chi connectivity index (χ1n) is 9.02. The van der Waals surface area contributed by atoms with Gasteiger partial charge in [0.1, 0.15) is 5.82 Å². The summed E-state index contributed by atoms with van der Waals surface area (Å²) >= 11 is 5.99. The molecule has 4 nitrogen and oxygen atoms in total. The lowest BCUT2D eigenvalue weighted by molar-refractivity contribution is -0.122. The van der Waals surface area contributed by atoms with Crippen LogP contribution in [0.3, 0.4) is 0 Å². The van der Waals surface area contributed by atoms with Crippen molar-refractivity contribution < 1.29 is 4.79 Å². The molecule has 128 valence electrons. The van der Waals surface area contributed by atoms with Gasteiger partial charge < -0.3 is 10.3 Å². The molecule has 1 heterocycles. The topological polar surface area (TPSA) is 57.8 Å². The molecule has 0 aliphatic heterocycles. The van der Waals surface area contributed by atoms with Gasteiger partial charge in [0, 0.05) is 23.9 Å². The summed E-state index contributed by atoms with van der Waals surface area (Å²) in [6, 6.07) is 5.89. The molecule has 2 fully saturated rings. The van der Waals surface area contributed by atoms with Gasteiger partial charge in [0.25, 0.3) is 0 Å². The molecular weight excluding hydrogens is 322 g/mol. The second-order valence-electron chi connectivity index (χ2n) is 7.54. The summed E-state index contributed by atoms with van der Waals surface area (Å²) in [5.74, 6) is 3.41. The van der Waals surface area contributed by atoms with Crippen molar-refractivity contribution in [1.29, 1.82) is 0 Å². The third kappa shape index (κ3) is 3.16. The maximum absolute atomic E-state index is 12.3. The number of aryl methyl sites for hydroxylation is 1. The number of carbonyl (C=O) groups excluding carboxylic acids is 1. The standard InChI is InChI=1S/C19H24ClN3O/c1-11(15-9-12-2-3-13(15)8-12)21-19(24)7-6-18-22-16-5-4-14(20)10-17(16)23-18/h4-5,10-13,15H,2-3,6-9H2,1H3,(H,21,24)(H,22,23)/t11-,12-,13-,15+/m0/s1. The van der Waals surface area contributed by atoms with E-state index in [0.717, 1.165) is 28.7 Å². The fraction of sp³-hybridized carbons (Fsp3) is 0.579. The van der Waals surface area contributed by atoms with E-state index in [1.807, 2.05) is 18.2 Å². The molecule has 24 heavy (non-hydrogen) atoms. The van der Waals surface area contributed by atoms with Gasteiger partial charge in [0.2, 0.25) is 5.91 Å². The predicted octanol–water partition coefficient (Wildman–Crippen LogP) is 4.09. The molecule has 1 amide bonds. The third-order valence-electron chi connectivity index (χ3n) is 5.91.